The molecule has 0 heterocycles. The third-order valence-electron chi connectivity index (χ3n) is 1.96. The van der Waals surface area contributed by atoms with Gasteiger partial charge < -0.3 is 5.11 Å². The fourth-order valence-corrected chi connectivity index (χ4v) is 2.81. The van der Waals surface area contributed by atoms with Crippen molar-refractivity contribution in [3.8, 4) is 0 Å². The summed E-state index contributed by atoms with van der Waals surface area (Å²) in [5, 5.41) is 11.8. The monoisotopic (exact) mass is 334 g/mol. The van der Waals surface area contributed by atoms with Crippen molar-refractivity contribution >= 4 is 34.4 Å². The summed E-state index contributed by atoms with van der Waals surface area (Å²) in [6.07, 6.45) is -0.346. The zero-order valence-corrected chi connectivity index (χ0v) is 11.8. The number of aliphatic hydroxyl groups is 1. The van der Waals surface area contributed by atoms with Gasteiger partial charge in [-0.15, -0.1) is 0 Å². The lowest BCUT2D eigenvalue weighted by Gasteiger charge is -2.13. The van der Waals surface area contributed by atoms with Gasteiger partial charge in [0.05, 0.1) is 6.10 Å². The highest BCUT2D eigenvalue weighted by molar-refractivity contribution is 14.1. The van der Waals surface area contributed by atoms with Crippen LogP contribution in [0.4, 0.5) is 0 Å². The van der Waals surface area contributed by atoms with E-state index in [-0.39, 0.29) is 12.0 Å². The number of hydrogen-bond acceptors (Lipinski definition) is 2. The molecule has 15 heavy (non-hydrogen) atoms. The second kappa shape index (κ2) is 6.55. The van der Waals surface area contributed by atoms with Gasteiger partial charge in [-0.1, -0.05) is 43.8 Å². The molecule has 0 saturated carbocycles. The van der Waals surface area contributed by atoms with Crippen molar-refractivity contribution in [1.29, 1.82) is 0 Å². The lowest BCUT2D eigenvalue weighted by molar-refractivity contribution is 0.170. The van der Waals surface area contributed by atoms with Crippen LogP contribution in [0.25, 0.3) is 0 Å². The maximum Gasteiger partial charge on any atom is 0.0874 e. The van der Waals surface area contributed by atoms with Gasteiger partial charge in [0.25, 0.3) is 0 Å². The normalized spacial score (nSPS) is 14.3. The molecule has 1 nitrogen and oxygen atoms in total. The summed E-state index contributed by atoms with van der Waals surface area (Å²) >= 11 is 3.84. The predicted octanol–water partition coefficient (Wildman–Crippen LogP) is 4.07. The van der Waals surface area contributed by atoms with Gasteiger partial charge in [0.15, 0.2) is 0 Å². The van der Waals surface area contributed by atoms with E-state index in [2.05, 4.69) is 34.7 Å². The lowest BCUT2D eigenvalue weighted by atomic mass is 10.1. The van der Waals surface area contributed by atoms with E-state index >= 15 is 0 Å². The van der Waals surface area contributed by atoms with Crippen LogP contribution in [-0.2, 0) is 0 Å². The molecule has 1 aromatic rings. The maximum atomic E-state index is 9.78. The zero-order valence-electron chi connectivity index (χ0n) is 8.85. The minimum Gasteiger partial charge on any atom is -0.388 e. The Hall–Kier alpha value is -0.000000000000000111. The van der Waals surface area contributed by atoms with Crippen LogP contribution in [0.1, 0.15) is 13.8 Å². The van der Waals surface area contributed by atoms with Gasteiger partial charge in [-0.3, -0.25) is 0 Å². The van der Waals surface area contributed by atoms with Crippen LogP contribution in [-0.4, -0.2) is 11.2 Å². The Labute approximate surface area is 109 Å². The third kappa shape index (κ3) is 4.57. The molecular formula is C12H15IOS. The second-order valence-electron chi connectivity index (χ2n) is 3.62. The first-order valence-electron chi connectivity index (χ1n) is 4.86. The summed E-state index contributed by atoms with van der Waals surface area (Å²) in [5.74, 6) is 0.268. The Morgan fingerprint density at radius 3 is 2.47 bits per heavy atom. The van der Waals surface area contributed by atoms with E-state index in [1.54, 1.807) is 11.8 Å². The largest absolute Gasteiger partial charge is 0.388 e. The van der Waals surface area contributed by atoms with E-state index in [4.69, 9.17) is 0 Å². The minimum absolute atomic E-state index is 0.268. The molecule has 0 aliphatic heterocycles. The molecule has 0 aromatic heterocycles. The Bertz CT molecular complexity index is 322. The molecule has 82 valence electrons. The summed E-state index contributed by atoms with van der Waals surface area (Å²) in [6.45, 7) is 4.04. The van der Waals surface area contributed by atoms with Crippen molar-refractivity contribution < 1.29 is 5.11 Å². The fourth-order valence-electron chi connectivity index (χ4n) is 1.01. The van der Waals surface area contributed by atoms with Gasteiger partial charge in [0.2, 0.25) is 0 Å². The first kappa shape index (κ1) is 13.1. The van der Waals surface area contributed by atoms with Crippen molar-refractivity contribution in [1.82, 2.24) is 0 Å². The first-order chi connectivity index (χ1) is 7.11. The van der Waals surface area contributed by atoms with Crippen molar-refractivity contribution in [2.45, 2.75) is 24.8 Å². The molecule has 0 aliphatic carbocycles. The molecule has 0 saturated heterocycles. The fraction of sp³-hybridized carbons (Fsp3) is 0.333. The highest BCUT2D eigenvalue weighted by atomic mass is 127. The highest BCUT2D eigenvalue weighted by Crippen LogP contribution is 2.26. The molecule has 0 amide bonds. The third-order valence-corrected chi connectivity index (χ3v) is 4.25. The molecule has 1 atom stereocenters. The van der Waals surface area contributed by atoms with Crippen molar-refractivity contribution in [2.75, 3.05) is 0 Å². The first-order valence-corrected chi connectivity index (χ1v) is 6.82. The smallest absolute Gasteiger partial charge is 0.0874 e. The van der Waals surface area contributed by atoms with E-state index in [0.29, 0.717) is 0 Å². The molecule has 0 aliphatic rings. The Balaban J connectivity index is 2.58. The minimum atomic E-state index is -0.346. The molecule has 1 aromatic carbocycles. The van der Waals surface area contributed by atoms with Crippen molar-refractivity contribution in [3.63, 3.8) is 0 Å². The van der Waals surface area contributed by atoms with Crippen molar-refractivity contribution in [2.24, 2.45) is 5.92 Å². The van der Waals surface area contributed by atoms with Gasteiger partial charge in [-0.05, 0) is 46.0 Å². The summed E-state index contributed by atoms with van der Waals surface area (Å²) in [4.78, 5) is 1.20. The molecule has 0 radical (unpaired) electrons. The lowest BCUT2D eigenvalue weighted by Crippen LogP contribution is -2.13. The van der Waals surface area contributed by atoms with E-state index < -0.39 is 0 Å². The molecule has 1 unspecified atom stereocenters. The number of aliphatic hydroxyl groups excluding tert-OH is 1. The maximum absolute atomic E-state index is 9.78. The molecule has 0 spiro atoms. The number of thioether (sulfide) groups is 1. The number of rotatable bonds is 4. The van der Waals surface area contributed by atoms with E-state index in [1.807, 2.05) is 37.5 Å². The predicted molar refractivity (Wildman–Crippen MR) is 75.2 cm³/mol. The van der Waals surface area contributed by atoms with Gasteiger partial charge in [-0.2, -0.15) is 0 Å². The number of benzene rings is 1. The van der Waals surface area contributed by atoms with Crippen molar-refractivity contribution in [3.05, 3.63) is 39.3 Å². The van der Waals surface area contributed by atoms with Gasteiger partial charge in [0.1, 0.15) is 0 Å². The van der Waals surface area contributed by atoms with Crippen LogP contribution < -0.4 is 0 Å². The Morgan fingerprint density at radius 2 is 1.93 bits per heavy atom. The number of hydrogen-bond donors (Lipinski definition) is 1. The van der Waals surface area contributed by atoms with Crippen LogP contribution in [0.15, 0.2) is 44.2 Å². The van der Waals surface area contributed by atoms with E-state index in [0.717, 1.165) is 3.58 Å². The SMILES string of the molecule is CC(C)C(O)/C(I)=C/Sc1ccccc1. The summed E-state index contributed by atoms with van der Waals surface area (Å²) in [6, 6.07) is 10.2. The highest BCUT2D eigenvalue weighted by Gasteiger charge is 2.11. The second-order valence-corrected chi connectivity index (χ2v) is 5.81. The molecule has 1 N–H and O–H groups in total. The van der Waals surface area contributed by atoms with Crippen LogP contribution in [0.5, 0.6) is 0 Å². The topological polar surface area (TPSA) is 20.2 Å². The Morgan fingerprint density at radius 1 is 1.33 bits per heavy atom. The van der Waals surface area contributed by atoms with Gasteiger partial charge in [-0.25, -0.2) is 0 Å². The Kier molecular flexibility index (Phi) is 5.71. The van der Waals surface area contributed by atoms with Crippen LogP contribution in [0.3, 0.4) is 0 Å². The number of halogens is 1. The summed E-state index contributed by atoms with van der Waals surface area (Å²) in [7, 11) is 0. The van der Waals surface area contributed by atoms with E-state index in [9.17, 15) is 5.11 Å². The standard InChI is InChI=1S/C12H15IOS/c1-9(2)12(14)11(13)8-15-10-6-4-3-5-7-10/h3-9,12,14H,1-2H3/b11-8-. The molecular weight excluding hydrogens is 319 g/mol. The quantitative estimate of drug-likeness (QED) is 0.662. The van der Waals surface area contributed by atoms with Crippen LogP contribution >= 0.6 is 34.4 Å². The average molecular weight is 334 g/mol. The average Bonchev–Trinajstić information content (AvgIpc) is 2.26. The van der Waals surface area contributed by atoms with Crippen LogP contribution in [0.2, 0.25) is 0 Å². The molecule has 1 rings (SSSR count). The van der Waals surface area contributed by atoms with Crippen LogP contribution in [0, 0.1) is 5.92 Å². The van der Waals surface area contributed by atoms with Gasteiger partial charge >= 0.3 is 0 Å². The molecule has 0 fully saturated rings. The summed E-state index contributed by atoms with van der Waals surface area (Å²) < 4.78 is 0.997. The molecule has 3 heteroatoms. The van der Waals surface area contributed by atoms with E-state index in [1.165, 1.54) is 4.90 Å². The molecule has 0 bridgehead atoms. The summed E-state index contributed by atoms with van der Waals surface area (Å²) in [5.41, 5.74) is 0. The zero-order chi connectivity index (χ0) is 11.3. The van der Waals surface area contributed by atoms with Gasteiger partial charge in [0, 0.05) is 8.48 Å².